The van der Waals surface area contributed by atoms with Crippen molar-refractivity contribution in [2.24, 2.45) is 5.73 Å². The topological polar surface area (TPSA) is 70.4 Å². The Morgan fingerprint density at radius 1 is 1.54 bits per heavy atom. The third kappa shape index (κ3) is 4.10. The zero-order valence-corrected chi connectivity index (χ0v) is 7.18. The number of hydrogen-bond donors (Lipinski definition) is 3. The van der Waals surface area contributed by atoms with E-state index in [0.29, 0.717) is 6.54 Å². The molecule has 0 saturated carbocycles. The van der Waals surface area contributed by atoms with Crippen molar-refractivity contribution < 1.29 is 4.79 Å². The summed E-state index contributed by atoms with van der Waals surface area (Å²) in [5, 5.41) is 5.88. The predicted octanol–water partition coefficient (Wildman–Crippen LogP) is -0.804. The van der Waals surface area contributed by atoms with Crippen molar-refractivity contribution >= 4 is 6.03 Å². The molecule has 0 aromatic rings. The number of amides is 2. The molecule has 0 radical (unpaired) electrons. The molecule has 0 aliphatic carbocycles. The first-order chi connectivity index (χ1) is 5.84. The number of hydrogen-bond acceptors (Lipinski definition) is 3. The van der Waals surface area contributed by atoms with E-state index in [0.717, 1.165) is 32.7 Å². The first-order valence-corrected chi connectivity index (χ1v) is 4.28. The fourth-order valence-electron chi connectivity index (χ4n) is 1.17. The predicted molar refractivity (Wildman–Crippen MR) is 53.6 cm³/mol. The lowest BCUT2D eigenvalue weighted by molar-refractivity contribution is 0.217. The maximum atomic E-state index is 11.0. The van der Waals surface area contributed by atoms with Crippen molar-refractivity contribution in [3.05, 3.63) is 0 Å². The van der Waals surface area contributed by atoms with E-state index in [1.807, 2.05) is 0 Å². The Morgan fingerprint density at radius 2 is 2.31 bits per heavy atom. The van der Waals surface area contributed by atoms with E-state index in [-0.39, 0.29) is 13.5 Å². The Labute approximate surface area is 79.7 Å². The minimum Gasteiger partial charge on any atom is -0.336 e. The van der Waals surface area contributed by atoms with Crippen LogP contribution in [0.5, 0.6) is 0 Å². The van der Waals surface area contributed by atoms with Crippen LogP contribution in [0.3, 0.4) is 0 Å². The summed E-state index contributed by atoms with van der Waals surface area (Å²) in [5.41, 5.74) is 5.29. The Morgan fingerprint density at radius 3 is 2.85 bits per heavy atom. The largest absolute Gasteiger partial charge is 0.336 e. The quantitative estimate of drug-likeness (QED) is 0.494. The van der Waals surface area contributed by atoms with Gasteiger partial charge in [0.05, 0.1) is 0 Å². The summed E-state index contributed by atoms with van der Waals surface area (Å²) in [5.74, 6) is 0. The lowest BCUT2D eigenvalue weighted by atomic mass is 10.5. The third-order valence-electron chi connectivity index (χ3n) is 1.82. The molecular formula is C8H20N4O. The van der Waals surface area contributed by atoms with Gasteiger partial charge in [0.15, 0.2) is 0 Å². The van der Waals surface area contributed by atoms with E-state index in [1.54, 1.807) is 4.90 Å². The maximum absolute atomic E-state index is 11.0. The molecule has 1 heterocycles. The molecule has 5 heteroatoms. The molecule has 1 aliphatic heterocycles. The zero-order valence-electron chi connectivity index (χ0n) is 7.18. The van der Waals surface area contributed by atoms with E-state index < -0.39 is 0 Å². The highest BCUT2D eigenvalue weighted by molar-refractivity contribution is 5.76. The lowest BCUT2D eigenvalue weighted by Crippen LogP contribution is -2.36. The standard InChI is InChI=1S/C7H16N4O.CH4/c8-1-2-9-3-5-11-6-4-10-7(11)12;/h9H,1-6,8H2,(H,10,12);1H4. The Kier molecular flexibility index (Phi) is 6.26. The fourth-order valence-corrected chi connectivity index (χ4v) is 1.17. The van der Waals surface area contributed by atoms with Crippen LogP contribution < -0.4 is 16.4 Å². The van der Waals surface area contributed by atoms with Crippen molar-refractivity contribution in [1.82, 2.24) is 15.5 Å². The Balaban J connectivity index is 0.00000144. The smallest absolute Gasteiger partial charge is 0.317 e. The summed E-state index contributed by atoms with van der Waals surface area (Å²) in [7, 11) is 0. The Hall–Kier alpha value is -0.810. The van der Waals surface area contributed by atoms with Crippen LogP contribution in [0.2, 0.25) is 0 Å². The molecule has 78 valence electrons. The number of urea groups is 1. The van der Waals surface area contributed by atoms with Gasteiger partial charge in [0.2, 0.25) is 0 Å². The van der Waals surface area contributed by atoms with E-state index >= 15 is 0 Å². The van der Waals surface area contributed by atoms with Crippen molar-refractivity contribution in [2.75, 3.05) is 39.3 Å². The monoisotopic (exact) mass is 188 g/mol. The zero-order chi connectivity index (χ0) is 8.81. The number of carbonyl (C=O) groups is 1. The van der Waals surface area contributed by atoms with E-state index in [2.05, 4.69) is 10.6 Å². The molecule has 0 spiro atoms. The van der Waals surface area contributed by atoms with Gasteiger partial charge in [-0.05, 0) is 0 Å². The lowest BCUT2D eigenvalue weighted by Gasteiger charge is -2.13. The minimum absolute atomic E-state index is 0. The molecule has 0 aromatic heterocycles. The first kappa shape index (κ1) is 12.2. The second-order valence-corrected chi connectivity index (χ2v) is 2.76. The molecule has 1 rings (SSSR count). The summed E-state index contributed by atoms with van der Waals surface area (Å²) < 4.78 is 0. The summed E-state index contributed by atoms with van der Waals surface area (Å²) in [6.07, 6.45) is 0. The first-order valence-electron chi connectivity index (χ1n) is 4.28. The molecular weight excluding hydrogens is 168 g/mol. The Bertz CT molecular complexity index is 151. The van der Waals surface area contributed by atoms with Crippen molar-refractivity contribution in [3.63, 3.8) is 0 Å². The van der Waals surface area contributed by atoms with Crippen molar-refractivity contribution in [1.29, 1.82) is 0 Å². The van der Waals surface area contributed by atoms with Gasteiger partial charge in [-0.2, -0.15) is 0 Å². The SMILES string of the molecule is C.NCCNCCN1CCNC1=O. The molecule has 0 aromatic carbocycles. The molecule has 0 bridgehead atoms. The second kappa shape index (κ2) is 6.68. The van der Waals surface area contributed by atoms with Crippen LogP contribution in [0.25, 0.3) is 0 Å². The average molecular weight is 188 g/mol. The fraction of sp³-hybridized carbons (Fsp3) is 0.875. The number of carbonyl (C=O) groups excluding carboxylic acids is 1. The van der Waals surface area contributed by atoms with Gasteiger partial charge < -0.3 is 21.3 Å². The van der Waals surface area contributed by atoms with Crippen LogP contribution in [0, 0.1) is 0 Å². The highest BCUT2D eigenvalue weighted by atomic mass is 16.2. The van der Waals surface area contributed by atoms with E-state index in [4.69, 9.17) is 5.73 Å². The van der Waals surface area contributed by atoms with Gasteiger partial charge in [-0.1, -0.05) is 7.43 Å². The van der Waals surface area contributed by atoms with Crippen LogP contribution in [-0.4, -0.2) is 50.2 Å². The highest BCUT2D eigenvalue weighted by Crippen LogP contribution is 1.93. The van der Waals surface area contributed by atoms with Crippen LogP contribution in [0.4, 0.5) is 4.79 Å². The van der Waals surface area contributed by atoms with Gasteiger partial charge in [-0.25, -0.2) is 4.79 Å². The van der Waals surface area contributed by atoms with Gasteiger partial charge in [0.1, 0.15) is 0 Å². The van der Waals surface area contributed by atoms with Gasteiger partial charge in [-0.15, -0.1) is 0 Å². The molecule has 4 N–H and O–H groups in total. The van der Waals surface area contributed by atoms with Gasteiger partial charge >= 0.3 is 6.03 Å². The minimum atomic E-state index is 0. The third-order valence-corrected chi connectivity index (χ3v) is 1.82. The van der Waals surface area contributed by atoms with Crippen LogP contribution in [0.1, 0.15) is 7.43 Å². The van der Waals surface area contributed by atoms with Crippen LogP contribution in [-0.2, 0) is 0 Å². The van der Waals surface area contributed by atoms with E-state index in [1.165, 1.54) is 0 Å². The van der Waals surface area contributed by atoms with Gasteiger partial charge in [0, 0.05) is 39.3 Å². The summed E-state index contributed by atoms with van der Waals surface area (Å²) >= 11 is 0. The number of nitrogens with zero attached hydrogens (tertiary/aromatic N) is 1. The van der Waals surface area contributed by atoms with Gasteiger partial charge in [0.25, 0.3) is 0 Å². The van der Waals surface area contributed by atoms with Crippen molar-refractivity contribution in [3.8, 4) is 0 Å². The van der Waals surface area contributed by atoms with Crippen LogP contribution in [0.15, 0.2) is 0 Å². The number of nitrogens with two attached hydrogens (primary N) is 1. The molecule has 0 unspecified atom stereocenters. The average Bonchev–Trinajstić information content (AvgIpc) is 2.46. The van der Waals surface area contributed by atoms with Crippen molar-refractivity contribution in [2.45, 2.75) is 7.43 Å². The summed E-state index contributed by atoms with van der Waals surface area (Å²) in [6.45, 7) is 4.65. The molecule has 1 fully saturated rings. The molecule has 0 atom stereocenters. The summed E-state index contributed by atoms with van der Waals surface area (Å²) in [6, 6.07) is 0.0459. The summed E-state index contributed by atoms with van der Waals surface area (Å²) in [4.78, 5) is 12.8. The van der Waals surface area contributed by atoms with Gasteiger partial charge in [-0.3, -0.25) is 0 Å². The molecule has 5 nitrogen and oxygen atoms in total. The number of nitrogens with one attached hydrogen (secondary N) is 2. The molecule has 2 amide bonds. The highest BCUT2D eigenvalue weighted by Gasteiger charge is 2.17. The van der Waals surface area contributed by atoms with Crippen LogP contribution >= 0.6 is 0 Å². The second-order valence-electron chi connectivity index (χ2n) is 2.76. The normalized spacial score (nSPS) is 15.5. The number of rotatable bonds is 5. The molecule has 13 heavy (non-hydrogen) atoms. The maximum Gasteiger partial charge on any atom is 0.317 e. The molecule has 1 aliphatic rings. The molecule has 1 saturated heterocycles. The van der Waals surface area contributed by atoms with E-state index in [9.17, 15) is 4.79 Å².